The Balaban J connectivity index is 1.58. The number of aromatic amines is 1. The van der Waals surface area contributed by atoms with Crippen LogP contribution >= 0.6 is 0 Å². The Bertz CT molecular complexity index is 1740. The van der Waals surface area contributed by atoms with Gasteiger partial charge in [0.25, 0.3) is 0 Å². The number of hydrogen-bond acceptors (Lipinski definition) is 2. The molecular formula is C27H16N2O. The van der Waals surface area contributed by atoms with Crippen molar-refractivity contribution in [2.24, 2.45) is 0 Å². The summed E-state index contributed by atoms with van der Waals surface area (Å²) in [5.41, 5.74) is 6.23. The van der Waals surface area contributed by atoms with Crippen molar-refractivity contribution >= 4 is 54.5 Å². The van der Waals surface area contributed by atoms with E-state index in [0.29, 0.717) is 0 Å². The van der Waals surface area contributed by atoms with Crippen molar-refractivity contribution in [1.82, 2.24) is 9.97 Å². The average molecular weight is 384 g/mol. The normalized spacial score (nSPS) is 12.0. The standard InChI is InChI=1S/C27H16N2O/c1-2-7-26-18(5-1)19-10-8-16-14-25-22(15-20(16)27(19)30-26)21-13-17(9-11-24(21)29-25)23-6-3-4-12-28-23/h1-15,29H. The molecule has 7 rings (SSSR count). The molecule has 0 spiro atoms. The van der Waals surface area contributed by atoms with Crippen LogP contribution in [-0.2, 0) is 0 Å². The molecule has 3 heterocycles. The first kappa shape index (κ1) is 15.8. The van der Waals surface area contributed by atoms with Gasteiger partial charge in [-0.25, -0.2) is 0 Å². The first-order chi connectivity index (χ1) is 14.8. The molecule has 0 radical (unpaired) electrons. The Hall–Kier alpha value is -4.11. The van der Waals surface area contributed by atoms with Crippen LogP contribution in [0.2, 0.25) is 0 Å². The zero-order valence-electron chi connectivity index (χ0n) is 16.0. The number of nitrogens with zero attached hydrogens (tertiary/aromatic N) is 1. The molecule has 140 valence electrons. The summed E-state index contributed by atoms with van der Waals surface area (Å²) < 4.78 is 6.28. The van der Waals surface area contributed by atoms with Gasteiger partial charge in [-0.05, 0) is 53.9 Å². The molecule has 4 aromatic carbocycles. The molecular weight excluding hydrogens is 368 g/mol. The van der Waals surface area contributed by atoms with Crippen molar-refractivity contribution in [3.63, 3.8) is 0 Å². The van der Waals surface area contributed by atoms with Crippen LogP contribution in [0.4, 0.5) is 0 Å². The van der Waals surface area contributed by atoms with Gasteiger partial charge in [0.1, 0.15) is 11.2 Å². The van der Waals surface area contributed by atoms with E-state index in [0.717, 1.165) is 49.6 Å². The molecule has 0 unspecified atom stereocenters. The molecule has 1 N–H and O–H groups in total. The zero-order valence-corrected chi connectivity index (χ0v) is 16.0. The third-order valence-corrected chi connectivity index (χ3v) is 6.04. The maximum Gasteiger partial charge on any atom is 0.143 e. The monoisotopic (exact) mass is 384 g/mol. The van der Waals surface area contributed by atoms with E-state index < -0.39 is 0 Å². The molecule has 0 bridgehead atoms. The van der Waals surface area contributed by atoms with Gasteiger partial charge in [0, 0.05) is 49.7 Å². The van der Waals surface area contributed by atoms with Crippen molar-refractivity contribution in [2.45, 2.75) is 0 Å². The summed E-state index contributed by atoms with van der Waals surface area (Å²) in [5.74, 6) is 0. The second-order valence-electron chi connectivity index (χ2n) is 7.76. The fraction of sp³-hybridized carbons (Fsp3) is 0. The number of H-pyrrole nitrogens is 1. The van der Waals surface area contributed by atoms with E-state index in [1.807, 2.05) is 36.5 Å². The number of rotatable bonds is 1. The molecule has 0 aliphatic rings. The second kappa shape index (κ2) is 5.71. The lowest BCUT2D eigenvalue weighted by Gasteiger charge is -2.02. The van der Waals surface area contributed by atoms with Crippen LogP contribution in [-0.4, -0.2) is 9.97 Å². The lowest BCUT2D eigenvalue weighted by atomic mass is 10.0. The molecule has 0 aliphatic heterocycles. The fourth-order valence-corrected chi connectivity index (χ4v) is 4.60. The third-order valence-electron chi connectivity index (χ3n) is 6.04. The molecule has 0 atom stereocenters. The van der Waals surface area contributed by atoms with E-state index in [9.17, 15) is 0 Å². The van der Waals surface area contributed by atoms with Gasteiger partial charge >= 0.3 is 0 Å². The van der Waals surface area contributed by atoms with Gasteiger partial charge in [-0.2, -0.15) is 0 Å². The molecule has 0 aliphatic carbocycles. The van der Waals surface area contributed by atoms with Crippen LogP contribution in [0.25, 0.3) is 65.8 Å². The highest BCUT2D eigenvalue weighted by atomic mass is 16.3. The number of benzene rings is 4. The number of nitrogens with one attached hydrogen (secondary N) is 1. The van der Waals surface area contributed by atoms with Crippen LogP contribution in [0.3, 0.4) is 0 Å². The summed E-state index contributed by atoms with van der Waals surface area (Å²) in [5, 5.41) is 7.02. The summed E-state index contributed by atoms with van der Waals surface area (Å²) in [7, 11) is 0. The number of hydrogen-bond donors (Lipinski definition) is 1. The van der Waals surface area contributed by atoms with E-state index in [-0.39, 0.29) is 0 Å². The maximum atomic E-state index is 6.28. The van der Waals surface area contributed by atoms with E-state index in [1.165, 1.54) is 16.2 Å². The molecule has 3 nitrogen and oxygen atoms in total. The number of fused-ring (bicyclic) bond motifs is 8. The van der Waals surface area contributed by atoms with Crippen molar-refractivity contribution in [3.8, 4) is 11.3 Å². The first-order valence-corrected chi connectivity index (χ1v) is 10.1. The van der Waals surface area contributed by atoms with Crippen molar-refractivity contribution in [3.05, 3.63) is 91.1 Å². The van der Waals surface area contributed by atoms with Gasteiger partial charge in [-0.1, -0.05) is 36.4 Å². The lowest BCUT2D eigenvalue weighted by Crippen LogP contribution is -1.81. The van der Waals surface area contributed by atoms with Crippen LogP contribution in [0.5, 0.6) is 0 Å². The van der Waals surface area contributed by atoms with Gasteiger partial charge < -0.3 is 9.40 Å². The number of aromatic nitrogens is 2. The Morgan fingerprint density at radius 3 is 2.47 bits per heavy atom. The summed E-state index contributed by atoms with van der Waals surface area (Å²) in [6.45, 7) is 0. The quantitative estimate of drug-likeness (QED) is 0.320. The minimum absolute atomic E-state index is 0.927. The zero-order chi connectivity index (χ0) is 19.7. The molecule has 3 aromatic heterocycles. The largest absolute Gasteiger partial charge is 0.455 e. The lowest BCUT2D eigenvalue weighted by molar-refractivity contribution is 0.673. The average Bonchev–Trinajstić information content (AvgIpc) is 3.35. The Kier molecular flexibility index (Phi) is 3.00. The summed E-state index contributed by atoms with van der Waals surface area (Å²) >= 11 is 0. The highest BCUT2D eigenvalue weighted by Crippen LogP contribution is 2.37. The van der Waals surface area contributed by atoms with Crippen molar-refractivity contribution in [2.75, 3.05) is 0 Å². The van der Waals surface area contributed by atoms with Crippen LogP contribution in [0.15, 0.2) is 95.5 Å². The van der Waals surface area contributed by atoms with Gasteiger partial charge in [-0.15, -0.1) is 0 Å². The predicted octanol–water partition coefficient (Wildman–Crippen LogP) is 7.44. The summed E-state index contributed by atoms with van der Waals surface area (Å²) in [6, 6.07) is 29.6. The van der Waals surface area contributed by atoms with E-state index >= 15 is 0 Å². The molecule has 0 saturated heterocycles. The first-order valence-electron chi connectivity index (χ1n) is 10.1. The van der Waals surface area contributed by atoms with Crippen molar-refractivity contribution in [1.29, 1.82) is 0 Å². The molecule has 3 heteroatoms. The highest BCUT2D eigenvalue weighted by Gasteiger charge is 2.13. The van der Waals surface area contributed by atoms with Crippen LogP contribution in [0.1, 0.15) is 0 Å². The molecule has 0 amide bonds. The van der Waals surface area contributed by atoms with Gasteiger partial charge in [0.05, 0.1) is 5.69 Å². The minimum Gasteiger partial charge on any atom is -0.455 e. The Labute approximate surface area is 171 Å². The van der Waals surface area contributed by atoms with Crippen LogP contribution in [0, 0.1) is 0 Å². The highest BCUT2D eigenvalue weighted by molar-refractivity contribution is 6.20. The number of pyridine rings is 1. The molecule has 0 saturated carbocycles. The van der Waals surface area contributed by atoms with Crippen LogP contribution < -0.4 is 0 Å². The van der Waals surface area contributed by atoms with Gasteiger partial charge in [0.2, 0.25) is 0 Å². The third kappa shape index (κ3) is 2.12. The molecule has 0 fully saturated rings. The fourth-order valence-electron chi connectivity index (χ4n) is 4.60. The summed E-state index contributed by atoms with van der Waals surface area (Å²) in [6.07, 6.45) is 1.83. The Morgan fingerprint density at radius 1 is 0.633 bits per heavy atom. The minimum atomic E-state index is 0.927. The van der Waals surface area contributed by atoms with E-state index in [4.69, 9.17) is 4.42 Å². The smallest absolute Gasteiger partial charge is 0.143 e. The summed E-state index contributed by atoms with van der Waals surface area (Å²) in [4.78, 5) is 8.08. The molecule has 7 aromatic rings. The van der Waals surface area contributed by atoms with Gasteiger partial charge in [-0.3, -0.25) is 4.98 Å². The van der Waals surface area contributed by atoms with E-state index in [1.54, 1.807) is 0 Å². The van der Waals surface area contributed by atoms with Crippen molar-refractivity contribution < 1.29 is 4.42 Å². The predicted molar refractivity (Wildman–Crippen MR) is 124 cm³/mol. The topological polar surface area (TPSA) is 41.8 Å². The number of furan rings is 1. The second-order valence-corrected chi connectivity index (χ2v) is 7.76. The SMILES string of the molecule is c1ccc(-c2ccc3[nH]c4cc5ccc6c7ccccc7oc6c5cc4c3c2)nc1. The molecule has 30 heavy (non-hydrogen) atoms. The van der Waals surface area contributed by atoms with E-state index in [2.05, 4.69) is 64.6 Å². The Morgan fingerprint density at radius 2 is 1.53 bits per heavy atom. The van der Waals surface area contributed by atoms with Gasteiger partial charge in [0.15, 0.2) is 0 Å². The maximum absolute atomic E-state index is 6.28. The number of para-hydroxylation sites is 1.